The van der Waals surface area contributed by atoms with Gasteiger partial charge in [-0.3, -0.25) is 4.79 Å². The van der Waals surface area contributed by atoms with Crippen molar-refractivity contribution in [3.63, 3.8) is 0 Å². The summed E-state index contributed by atoms with van der Waals surface area (Å²) < 4.78 is 7.80. The number of amides is 1. The molecule has 9 nitrogen and oxygen atoms in total. The molecular formula is C23H30N4O5. The Morgan fingerprint density at radius 1 is 1.16 bits per heavy atom. The molecule has 3 aromatic rings. The fourth-order valence-electron chi connectivity index (χ4n) is 3.36. The van der Waals surface area contributed by atoms with Crippen LogP contribution in [0.25, 0.3) is 22.1 Å². The van der Waals surface area contributed by atoms with Gasteiger partial charge in [-0.15, -0.1) is 0 Å². The van der Waals surface area contributed by atoms with E-state index in [1.54, 1.807) is 7.11 Å². The molecule has 172 valence electrons. The molecule has 3 rings (SSSR count). The van der Waals surface area contributed by atoms with E-state index in [0.717, 1.165) is 60.2 Å². The lowest BCUT2D eigenvalue weighted by Gasteiger charge is -2.10. The van der Waals surface area contributed by atoms with Crippen molar-refractivity contribution < 1.29 is 19.2 Å². The smallest absolute Gasteiger partial charge is 0.235 e. The number of aromatic nitrogens is 2. The summed E-state index contributed by atoms with van der Waals surface area (Å²) in [6, 6.07) is 14.2. The number of para-hydroxylation sites is 3. The van der Waals surface area contributed by atoms with E-state index in [9.17, 15) is 4.79 Å². The minimum Gasteiger partial charge on any atom is -0.494 e. The number of aryl methyl sites for hydroxylation is 1. The Morgan fingerprint density at radius 3 is 2.53 bits per heavy atom. The highest BCUT2D eigenvalue weighted by Gasteiger charge is 2.18. The quantitative estimate of drug-likeness (QED) is 0.177. The molecule has 0 aliphatic rings. The van der Waals surface area contributed by atoms with Crippen LogP contribution in [0.2, 0.25) is 0 Å². The second-order valence-corrected chi connectivity index (χ2v) is 7.58. The Labute approximate surface area is 187 Å². The second-order valence-electron chi connectivity index (χ2n) is 7.58. The Kier molecular flexibility index (Phi) is 9.59. The van der Waals surface area contributed by atoms with Crippen LogP contribution in [0, 0.1) is 21.2 Å². The fourth-order valence-corrected chi connectivity index (χ4v) is 3.36. The maximum atomic E-state index is 12.0. The van der Waals surface area contributed by atoms with Crippen molar-refractivity contribution in [2.75, 3.05) is 13.7 Å². The van der Waals surface area contributed by atoms with Gasteiger partial charge < -0.3 is 25.4 Å². The van der Waals surface area contributed by atoms with Gasteiger partial charge in [0.05, 0.1) is 12.2 Å². The highest BCUT2D eigenvalue weighted by Crippen LogP contribution is 2.23. The predicted octanol–water partition coefficient (Wildman–Crippen LogP) is 3.78. The highest BCUT2D eigenvalue weighted by atomic mass is 16.9. The molecule has 0 saturated heterocycles. The van der Waals surface area contributed by atoms with Crippen molar-refractivity contribution in [2.24, 2.45) is 5.92 Å². The van der Waals surface area contributed by atoms with E-state index in [1.165, 1.54) is 0 Å². The summed E-state index contributed by atoms with van der Waals surface area (Å²) in [5.74, 6) is 1.46. The van der Waals surface area contributed by atoms with E-state index in [2.05, 4.69) is 35.9 Å². The molecule has 0 saturated carbocycles. The van der Waals surface area contributed by atoms with E-state index in [0.29, 0.717) is 12.3 Å². The molecule has 0 aliphatic carbocycles. The number of benzene rings is 2. The summed E-state index contributed by atoms with van der Waals surface area (Å²) in [7, 11) is 1.67. The first-order valence-electron chi connectivity index (χ1n) is 10.7. The van der Waals surface area contributed by atoms with Crippen molar-refractivity contribution in [2.45, 2.75) is 46.1 Å². The summed E-state index contributed by atoms with van der Waals surface area (Å²) in [6.07, 6.45) is 3.45. The van der Waals surface area contributed by atoms with Crippen LogP contribution in [0.4, 0.5) is 0 Å². The molecular weight excluding hydrogens is 412 g/mol. The number of nitrogens with one attached hydrogen (secondary N) is 1. The maximum absolute atomic E-state index is 12.0. The third-order valence-electron chi connectivity index (χ3n) is 5.27. The number of ether oxygens (including phenoxy) is 1. The molecule has 1 amide bonds. The fraction of sp³-hybridized carbons (Fsp3) is 0.435. The molecule has 0 fully saturated rings. The minimum absolute atomic E-state index is 0.149. The average molecular weight is 443 g/mol. The third kappa shape index (κ3) is 7.04. The molecule has 1 N–H and O–H groups in total. The first-order chi connectivity index (χ1) is 15.4. The lowest BCUT2D eigenvalue weighted by molar-refractivity contribution is -0.646. The molecule has 0 radical (unpaired) electrons. The van der Waals surface area contributed by atoms with Crippen LogP contribution in [-0.4, -0.2) is 29.6 Å². The van der Waals surface area contributed by atoms with Crippen molar-refractivity contribution in [3.05, 3.63) is 57.8 Å². The molecule has 9 heteroatoms. The number of carbonyl (C=O) groups is 1. The van der Waals surface area contributed by atoms with Crippen LogP contribution in [0.3, 0.4) is 0 Å². The van der Waals surface area contributed by atoms with Crippen LogP contribution < -0.4 is 14.6 Å². The van der Waals surface area contributed by atoms with Gasteiger partial charge in [-0.1, -0.05) is 38.5 Å². The molecule has 0 aliphatic heterocycles. The van der Waals surface area contributed by atoms with Crippen LogP contribution in [0.5, 0.6) is 5.75 Å². The molecule has 1 atom stereocenters. The van der Waals surface area contributed by atoms with E-state index >= 15 is 0 Å². The third-order valence-corrected chi connectivity index (χ3v) is 5.27. The van der Waals surface area contributed by atoms with Crippen molar-refractivity contribution in [1.29, 1.82) is 0 Å². The number of methoxy groups -OCH3 is 1. The zero-order valence-corrected chi connectivity index (χ0v) is 18.7. The monoisotopic (exact) mass is 442 g/mol. The molecule has 0 spiro atoms. The molecule has 0 bridgehead atoms. The zero-order chi connectivity index (χ0) is 23.5. The Morgan fingerprint density at radius 2 is 1.84 bits per heavy atom. The zero-order valence-electron chi connectivity index (χ0n) is 18.7. The topological polar surface area (TPSA) is 121 Å². The van der Waals surface area contributed by atoms with Gasteiger partial charge in [0.15, 0.2) is 11.3 Å². The first-order valence-corrected chi connectivity index (χ1v) is 10.7. The number of unbranched alkanes of at least 4 members (excludes halogenated alkanes) is 1. The van der Waals surface area contributed by atoms with Crippen LogP contribution >= 0.6 is 0 Å². The minimum atomic E-state index is -1.75. The number of nitrogens with zero attached hydrogens (tertiary/aromatic N) is 3. The number of fused-ring (bicyclic) bond motifs is 2. The molecule has 1 heterocycles. The number of hydrogen-bond acceptors (Lipinski definition) is 6. The highest BCUT2D eigenvalue weighted by molar-refractivity contribution is 5.85. The largest absolute Gasteiger partial charge is 0.494 e. The molecule has 1 unspecified atom stereocenters. The average Bonchev–Trinajstić information content (AvgIpc) is 2.78. The lowest BCUT2D eigenvalue weighted by Crippen LogP contribution is -2.36. The summed E-state index contributed by atoms with van der Waals surface area (Å²) in [6.45, 7) is 5.91. The van der Waals surface area contributed by atoms with E-state index in [4.69, 9.17) is 25.0 Å². The first kappa shape index (κ1) is 24.8. The van der Waals surface area contributed by atoms with Crippen molar-refractivity contribution in [1.82, 2.24) is 10.3 Å². The summed E-state index contributed by atoms with van der Waals surface area (Å²) in [5.41, 5.74) is 3.98. The number of hydrogen-bond donors (Lipinski definition) is 1. The van der Waals surface area contributed by atoms with Gasteiger partial charge in [-0.05, 0) is 24.5 Å². The standard InChI is InChI=1S/C23H29N3O2.NO3/c1-4-17(2)16-24-22(27)14-7-8-15-26-19-11-6-5-10-18(19)25-23-20(26)12-9-13-21(23)28-3;2-1(3)4/h5-6,9-13,17H,4,7-8,14-16H2,1-3H3;/q;-1/p+1. The van der Waals surface area contributed by atoms with E-state index in [-0.39, 0.29) is 5.91 Å². The van der Waals surface area contributed by atoms with E-state index < -0.39 is 5.09 Å². The van der Waals surface area contributed by atoms with Gasteiger partial charge in [0.2, 0.25) is 16.9 Å². The van der Waals surface area contributed by atoms with Gasteiger partial charge in [-0.25, -0.2) is 4.98 Å². The predicted molar refractivity (Wildman–Crippen MR) is 123 cm³/mol. The SMILES string of the molecule is CCC(C)CNC(=O)CCCC[n+]1c2ccccc2nc2c(OC)cccc21.O=[N+]([O-])[O-]. The molecule has 32 heavy (non-hydrogen) atoms. The Balaban J connectivity index is 0.000000837. The van der Waals surface area contributed by atoms with Crippen LogP contribution in [-0.2, 0) is 11.3 Å². The summed E-state index contributed by atoms with van der Waals surface area (Å²) in [5, 5.41) is 17.8. The van der Waals surface area contributed by atoms with Gasteiger partial charge in [0.1, 0.15) is 12.1 Å². The number of rotatable bonds is 9. The van der Waals surface area contributed by atoms with Crippen LogP contribution in [0.1, 0.15) is 39.5 Å². The lowest BCUT2D eigenvalue weighted by atomic mass is 10.1. The molecule has 1 aromatic heterocycles. The van der Waals surface area contributed by atoms with Gasteiger partial charge in [0.25, 0.3) is 0 Å². The summed E-state index contributed by atoms with van der Waals surface area (Å²) in [4.78, 5) is 25.1. The van der Waals surface area contributed by atoms with E-state index in [1.807, 2.05) is 30.3 Å². The summed E-state index contributed by atoms with van der Waals surface area (Å²) >= 11 is 0. The molecule has 2 aromatic carbocycles. The van der Waals surface area contributed by atoms with Crippen molar-refractivity contribution >= 4 is 28.0 Å². The Bertz CT molecular complexity index is 1050. The van der Waals surface area contributed by atoms with Crippen LogP contribution in [0.15, 0.2) is 42.5 Å². The maximum Gasteiger partial charge on any atom is 0.235 e. The Hall–Kier alpha value is -3.49. The second kappa shape index (κ2) is 12.4. The van der Waals surface area contributed by atoms with Gasteiger partial charge >= 0.3 is 0 Å². The van der Waals surface area contributed by atoms with Crippen molar-refractivity contribution in [3.8, 4) is 5.75 Å². The normalized spacial score (nSPS) is 11.5. The van der Waals surface area contributed by atoms with Gasteiger partial charge in [-0.2, -0.15) is 4.57 Å². The van der Waals surface area contributed by atoms with Gasteiger partial charge in [0, 0.05) is 31.5 Å². The number of carbonyl (C=O) groups excluding carboxylic acids is 1.